The number of pyridine rings is 1. The van der Waals surface area contributed by atoms with E-state index in [1.807, 2.05) is 0 Å². The molecule has 0 aliphatic heterocycles. The minimum atomic E-state index is 0.0454. The van der Waals surface area contributed by atoms with E-state index in [0.29, 0.717) is 17.1 Å². The Balaban J connectivity index is 2.56. The van der Waals surface area contributed by atoms with Crippen LogP contribution in [0.3, 0.4) is 0 Å². The fourth-order valence-electron chi connectivity index (χ4n) is 1.24. The molecule has 1 aromatic heterocycles. The van der Waals surface area contributed by atoms with E-state index >= 15 is 0 Å². The molecule has 0 N–H and O–H groups in total. The Morgan fingerprint density at radius 1 is 1.50 bits per heavy atom. The highest BCUT2D eigenvalue weighted by Crippen LogP contribution is 2.15. The molecule has 14 heavy (non-hydrogen) atoms. The van der Waals surface area contributed by atoms with Gasteiger partial charge < -0.3 is 0 Å². The van der Waals surface area contributed by atoms with Crippen LogP contribution in [0.4, 0.5) is 0 Å². The van der Waals surface area contributed by atoms with Crippen LogP contribution in [0.2, 0.25) is 5.02 Å². The van der Waals surface area contributed by atoms with Gasteiger partial charge in [0.25, 0.3) is 0 Å². The van der Waals surface area contributed by atoms with E-state index in [1.165, 1.54) is 0 Å². The van der Waals surface area contributed by atoms with Crippen molar-refractivity contribution in [3.05, 3.63) is 29.0 Å². The predicted octanol–water partition coefficient (Wildman–Crippen LogP) is 3.50. The van der Waals surface area contributed by atoms with Gasteiger partial charge >= 0.3 is 0 Å². The molecule has 0 radical (unpaired) electrons. The second kappa shape index (κ2) is 5.76. The Bertz CT molecular complexity index is 312. The lowest BCUT2D eigenvalue weighted by molar-refractivity contribution is 0.0974. The van der Waals surface area contributed by atoms with Gasteiger partial charge in [-0.25, -0.2) is 0 Å². The maximum absolute atomic E-state index is 11.6. The third kappa shape index (κ3) is 3.11. The van der Waals surface area contributed by atoms with Gasteiger partial charge in [0.15, 0.2) is 5.78 Å². The molecular formula is C11H14ClNO. The highest BCUT2D eigenvalue weighted by atomic mass is 35.5. The van der Waals surface area contributed by atoms with E-state index < -0.39 is 0 Å². The van der Waals surface area contributed by atoms with Crippen molar-refractivity contribution in [1.82, 2.24) is 4.98 Å². The Morgan fingerprint density at radius 3 is 2.93 bits per heavy atom. The summed E-state index contributed by atoms with van der Waals surface area (Å²) in [4.78, 5) is 15.6. The van der Waals surface area contributed by atoms with Gasteiger partial charge in [-0.1, -0.05) is 31.4 Å². The van der Waals surface area contributed by atoms with E-state index in [4.69, 9.17) is 11.6 Å². The number of carbonyl (C=O) groups excluding carboxylic acids is 1. The Morgan fingerprint density at radius 2 is 2.29 bits per heavy atom. The minimum Gasteiger partial charge on any atom is -0.292 e. The summed E-state index contributed by atoms with van der Waals surface area (Å²) in [6.45, 7) is 2.11. The molecule has 1 aromatic rings. The van der Waals surface area contributed by atoms with Crippen molar-refractivity contribution >= 4 is 17.4 Å². The number of ketones is 1. The van der Waals surface area contributed by atoms with Gasteiger partial charge in [0.2, 0.25) is 0 Å². The van der Waals surface area contributed by atoms with Crippen LogP contribution in [0.25, 0.3) is 0 Å². The van der Waals surface area contributed by atoms with Crippen LogP contribution in [-0.4, -0.2) is 10.8 Å². The summed E-state index contributed by atoms with van der Waals surface area (Å²) in [6.07, 6.45) is 5.26. The fraction of sp³-hybridized carbons (Fsp3) is 0.455. The molecule has 0 aliphatic rings. The van der Waals surface area contributed by atoms with Crippen LogP contribution in [0, 0.1) is 0 Å². The standard InChI is InChI=1S/C11H14ClNO/c1-2-3-4-7-10(14)11-9(12)6-5-8-13-11/h5-6,8H,2-4,7H2,1H3. The van der Waals surface area contributed by atoms with E-state index in [0.717, 1.165) is 19.3 Å². The molecule has 0 amide bonds. The van der Waals surface area contributed by atoms with Crippen LogP contribution < -0.4 is 0 Å². The van der Waals surface area contributed by atoms with Crippen molar-refractivity contribution in [3.63, 3.8) is 0 Å². The molecule has 2 nitrogen and oxygen atoms in total. The highest BCUT2D eigenvalue weighted by Gasteiger charge is 2.10. The van der Waals surface area contributed by atoms with Crippen LogP contribution in [0.1, 0.15) is 43.1 Å². The zero-order valence-electron chi connectivity index (χ0n) is 8.29. The summed E-state index contributed by atoms with van der Waals surface area (Å²) in [5, 5.41) is 0.453. The Labute approximate surface area is 89.3 Å². The molecule has 3 heteroatoms. The van der Waals surface area contributed by atoms with E-state index in [9.17, 15) is 4.79 Å². The van der Waals surface area contributed by atoms with E-state index in [-0.39, 0.29) is 5.78 Å². The molecule has 0 fully saturated rings. The van der Waals surface area contributed by atoms with Gasteiger partial charge in [-0.3, -0.25) is 9.78 Å². The average Bonchev–Trinajstić information content (AvgIpc) is 2.18. The van der Waals surface area contributed by atoms with Crippen molar-refractivity contribution in [2.75, 3.05) is 0 Å². The number of rotatable bonds is 5. The monoisotopic (exact) mass is 211 g/mol. The van der Waals surface area contributed by atoms with Crippen LogP contribution in [0.15, 0.2) is 18.3 Å². The average molecular weight is 212 g/mol. The fourth-order valence-corrected chi connectivity index (χ4v) is 1.47. The zero-order valence-corrected chi connectivity index (χ0v) is 9.05. The summed E-state index contributed by atoms with van der Waals surface area (Å²) in [5.41, 5.74) is 0.408. The SMILES string of the molecule is CCCCCC(=O)c1ncccc1Cl. The second-order valence-corrected chi connectivity index (χ2v) is 3.62. The smallest absolute Gasteiger partial charge is 0.182 e. The first-order valence-corrected chi connectivity index (χ1v) is 5.27. The minimum absolute atomic E-state index is 0.0454. The number of hydrogen-bond donors (Lipinski definition) is 0. The highest BCUT2D eigenvalue weighted by molar-refractivity contribution is 6.33. The Kier molecular flexibility index (Phi) is 4.60. The van der Waals surface area contributed by atoms with Crippen molar-refractivity contribution < 1.29 is 4.79 Å². The van der Waals surface area contributed by atoms with Gasteiger partial charge in [-0.2, -0.15) is 0 Å². The molecule has 0 unspecified atom stereocenters. The van der Waals surface area contributed by atoms with Crippen molar-refractivity contribution in [1.29, 1.82) is 0 Å². The molecule has 0 atom stereocenters. The van der Waals surface area contributed by atoms with Crippen LogP contribution in [-0.2, 0) is 0 Å². The number of unbranched alkanes of at least 4 members (excludes halogenated alkanes) is 2. The first kappa shape index (κ1) is 11.2. The first-order valence-electron chi connectivity index (χ1n) is 4.89. The lowest BCUT2D eigenvalue weighted by Crippen LogP contribution is -2.02. The van der Waals surface area contributed by atoms with Crippen LogP contribution >= 0.6 is 11.6 Å². The number of aromatic nitrogens is 1. The number of nitrogens with zero attached hydrogens (tertiary/aromatic N) is 1. The molecule has 0 aromatic carbocycles. The normalized spacial score (nSPS) is 10.1. The van der Waals surface area contributed by atoms with Gasteiger partial charge in [0.1, 0.15) is 5.69 Å². The zero-order chi connectivity index (χ0) is 10.4. The summed E-state index contributed by atoms with van der Waals surface area (Å²) in [5.74, 6) is 0.0454. The van der Waals surface area contributed by atoms with Crippen LogP contribution in [0.5, 0.6) is 0 Å². The molecule has 0 saturated heterocycles. The topological polar surface area (TPSA) is 30.0 Å². The molecule has 1 rings (SSSR count). The second-order valence-electron chi connectivity index (χ2n) is 3.21. The predicted molar refractivity (Wildman–Crippen MR) is 57.7 cm³/mol. The number of hydrogen-bond acceptors (Lipinski definition) is 2. The molecule has 0 spiro atoms. The molecule has 0 aliphatic carbocycles. The molecule has 76 valence electrons. The van der Waals surface area contributed by atoms with Crippen molar-refractivity contribution in [2.45, 2.75) is 32.6 Å². The van der Waals surface area contributed by atoms with Gasteiger partial charge in [0, 0.05) is 12.6 Å². The maximum Gasteiger partial charge on any atom is 0.182 e. The summed E-state index contributed by atoms with van der Waals surface area (Å²) >= 11 is 5.85. The van der Waals surface area contributed by atoms with Crippen molar-refractivity contribution in [2.24, 2.45) is 0 Å². The van der Waals surface area contributed by atoms with Gasteiger partial charge in [0.05, 0.1) is 5.02 Å². The Hall–Kier alpha value is -0.890. The van der Waals surface area contributed by atoms with Gasteiger partial charge in [-0.15, -0.1) is 0 Å². The number of Topliss-reactive ketones (excluding diaryl/α,β-unsaturated/α-hetero) is 1. The molecule has 0 bridgehead atoms. The number of halogens is 1. The summed E-state index contributed by atoms with van der Waals surface area (Å²) in [6, 6.07) is 3.42. The third-order valence-corrected chi connectivity index (χ3v) is 2.33. The quantitative estimate of drug-likeness (QED) is 0.551. The molecule has 1 heterocycles. The maximum atomic E-state index is 11.6. The lowest BCUT2D eigenvalue weighted by atomic mass is 10.1. The molecular weight excluding hydrogens is 198 g/mol. The van der Waals surface area contributed by atoms with E-state index in [2.05, 4.69) is 11.9 Å². The lowest BCUT2D eigenvalue weighted by Gasteiger charge is -2.01. The largest absolute Gasteiger partial charge is 0.292 e. The molecule has 0 saturated carbocycles. The third-order valence-electron chi connectivity index (χ3n) is 2.03. The van der Waals surface area contributed by atoms with E-state index in [1.54, 1.807) is 18.3 Å². The van der Waals surface area contributed by atoms with Crippen molar-refractivity contribution in [3.8, 4) is 0 Å². The first-order chi connectivity index (χ1) is 6.75. The summed E-state index contributed by atoms with van der Waals surface area (Å²) < 4.78 is 0. The number of carbonyl (C=O) groups is 1. The van der Waals surface area contributed by atoms with Gasteiger partial charge in [-0.05, 0) is 18.6 Å². The summed E-state index contributed by atoms with van der Waals surface area (Å²) in [7, 11) is 0.